The molecule has 1 aromatic rings. The Labute approximate surface area is 80.8 Å². The van der Waals surface area contributed by atoms with Gasteiger partial charge in [0.1, 0.15) is 0 Å². The van der Waals surface area contributed by atoms with Gasteiger partial charge in [-0.05, 0) is 0 Å². The van der Waals surface area contributed by atoms with Gasteiger partial charge in [0.05, 0.1) is 0 Å². The molecule has 0 heterocycles. The molecule has 0 saturated carbocycles. The van der Waals surface area contributed by atoms with Crippen molar-refractivity contribution in [1.82, 2.24) is 0 Å². The molecular weight excluding hydrogens is 287 g/mol. The van der Waals surface area contributed by atoms with Crippen molar-refractivity contribution in [2.75, 3.05) is 0 Å². The van der Waals surface area contributed by atoms with Gasteiger partial charge in [-0.1, -0.05) is 25.7 Å². The summed E-state index contributed by atoms with van der Waals surface area (Å²) in [5, 5.41) is 0. The predicted molar refractivity (Wildman–Crippen MR) is 38.7 cm³/mol. The van der Waals surface area contributed by atoms with Crippen molar-refractivity contribution in [3.63, 3.8) is 0 Å². The Morgan fingerprint density at radius 3 is 2.80 bits per heavy atom. The van der Waals surface area contributed by atoms with Crippen LogP contribution in [-0.4, -0.2) is 0 Å². The Morgan fingerprint density at radius 2 is 2.00 bits per heavy atom. The molecular formula is C9H11Hf+3. The molecule has 2 rings (SSSR count). The van der Waals surface area contributed by atoms with Crippen LogP contribution >= 0.6 is 0 Å². The summed E-state index contributed by atoms with van der Waals surface area (Å²) >= 11 is 0. The first-order valence-electron chi connectivity index (χ1n) is 3.70. The second kappa shape index (κ2) is 3.56. The maximum Gasteiger partial charge on any atom is 4.00 e. The second-order valence-corrected chi connectivity index (χ2v) is 2.78. The maximum absolute atomic E-state index is 2.26. The monoisotopic (exact) mass is 299 g/mol. The fraction of sp³-hybridized carbons (Fsp3) is 0.444. The van der Waals surface area contributed by atoms with Crippen LogP contribution in [0.15, 0.2) is 18.2 Å². The van der Waals surface area contributed by atoms with Gasteiger partial charge in [-0.3, -0.25) is 0 Å². The van der Waals surface area contributed by atoms with E-state index in [0.29, 0.717) is 0 Å². The molecule has 1 aliphatic rings. The van der Waals surface area contributed by atoms with E-state index in [2.05, 4.69) is 18.2 Å². The summed E-state index contributed by atoms with van der Waals surface area (Å²) in [6.07, 6.45) is 5.44. The van der Waals surface area contributed by atoms with Crippen molar-refractivity contribution in [2.24, 2.45) is 0 Å². The van der Waals surface area contributed by atoms with Gasteiger partial charge < -0.3 is 0 Å². The van der Waals surface area contributed by atoms with E-state index in [1.165, 1.54) is 25.7 Å². The number of aryl methyl sites for hydroxylation is 2. The summed E-state index contributed by atoms with van der Waals surface area (Å²) in [5.41, 5.74) is 3.20. The van der Waals surface area contributed by atoms with Gasteiger partial charge in [0.25, 0.3) is 0 Å². The van der Waals surface area contributed by atoms with Crippen LogP contribution in [0.4, 0.5) is 0 Å². The molecule has 0 nitrogen and oxygen atoms in total. The fourth-order valence-corrected chi connectivity index (χ4v) is 1.61. The molecule has 48 valence electrons. The Bertz CT molecular complexity index is 180. The molecule has 10 heavy (non-hydrogen) atoms. The van der Waals surface area contributed by atoms with E-state index in [4.69, 9.17) is 0 Å². The Balaban J connectivity index is 0.000000500. The molecule has 0 unspecified atom stereocenters. The van der Waals surface area contributed by atoms with Crippen molar-refractivity contribution in [3.05, 3.63) is 29.3 Å². The first-order valence-corrected chi connectivity index (χ1v) is 3.70. The zero-order chi connectivity index (χ0) is 6.10. The van der Waals surface area contributed by atoms with Crippen LogP contribution in [0.2, 0.25) is 0 Å². The van der Waals surface area contributed by atoms with Gasteiger partial charge in [-0.25, -0.2) is 6.07 Å². The summed E-state index contributed by atoms with van der Waals surface area (Å²) in [7, 11) is 0. The summed E-state index contributed by atoms with van der Waals surface area (Å²) in [5.74, 6) is 0. The summed E-state index contributed by atoms with van der Waals surface area (Å²) < 4.78 is 0. The van der Waals surface area contributed by atoms with Crippen LogP contribution in [0, 0.1) is 0 Å². The average Bonchev–Trinajstić information content (AvgIpc) is 2.33. The fourth-order valence-electron chi connectivity index (χ4n) is 1.61. The molecule has 0 atom stereocenters. The summed E-state index contributed by atoms with van der Waals surface area (Å²) in [4.78, 5) is 0. The molecule has 0 aliphatic heterocycles. The van der Waals surface area contributed by atoms with Crippen LogP contribution in [-0.2, 0) is 38.7 Å². The Kier molecular flexibility index (Phi) is 2.97. The predicted octanol–water partition coefficient (Wildman–Crippen LogP) is 2.28. The number of rotatable bonds is 0. The zero-order valence-corrected chi connectivity index (χ0v) is 9.65. The van der Waals surface area contributed by atoms with Gasteiger partial charge >= 0.3 is 25.8 Å². The minimum Gasteiger partial charge on any atom is -0.210 e. The molecule has 1 aromatic carbocycles. The van der Waals surface area contributed by atoms with E-state index in [1.807, 2.05) is 0 Å². The molecule has 0 spiro atoms. The van der Waals surface area contributed by atoms with Crippen molar-refractivity contribution in [2.45, 2.75) is 25.7 Å². The molecule has 0 fully saturated rings. The first-order chi connectivity index (χ1) is 4.47. The van der Waals surface area contributed by atoms with Crippen molar-refractivity contribution >= 4 is 0 Å². The third-order valence-electron chi connectivity index (χ3n) is 2.15. The second-order valence-electron chi connectivity index (χ2n) is 2.78. The van der Waals surface area contributed by atoms with Gasteiger partial charge in [0, 0.05) is 0 Å². The zero-order valence-electron chi connectivity index (χ0n) is 6.06. The van der Waals surface area contributed by atoms with Gasteiger partial charge in [0.2, 0.25) is 0 Å². The van der Waals surface area contributed by atoms with E-state index < -0.39 is 0 Å². The molecule has 1 aliphatic carbocycles. The van der Waals surface area contributed by atoms with Crippen molar-refractivity contribution in [1.29, 1.82) is 0 Å². The van der Waals surface area contributed by atoms with Crippen LogP contribution in [0.25, 0.3) is 0 Å². The smallest absolute Gasteiger partial charge is 0.210 e. The summed E-state index contributed by atoms with van der Waals surface area (Å²) in [6.45, 7) is 0. The first kappa shape index (κ1) is 8.32. The van der Waals surface area contributed by atoms with E-state index in [1.54, 1.807) is 11.1 Å². The van der Waals surface area contributed by atoms with E-state index in [0.717, 1.165) is 0 Å². The number of hydrogen-bond donors (Lipinski definition) is 0. The topological polar surface area (TPSA) is 0 Å². The standard InChI is InChI=1S/C9H11.Hf/c1-2-5-9-7-3-6-8(9)4-1;/h3,6-7H,1-2,4-5H2;/q-1;+4. The van der Waals surface area contributed by atoms with Crippen LogP contribution in [0.3, 0.4) is 0 Å². The molecule has 0 aromatic heterocycles. The van der Waals surface area contributed by atoms with E-state index in [9.17, 15) is 0 Å². The Morgan fingerprint density at radius 1 is 1.20 bits per heavy atom. The van der Waals surface area contributed by atoms with Crippen molar-refractivity contribution < 1.29 is 25.8 Å². The molecule has 0 bridgehead atoms. The van der Waals surface area contributed by atoms with Crippen LogP contribution < -0.4 is 0 Å². The van der Waals surface area contributed by atoms with Gasteiger partial charge in [0.15, 0.2) is 0 Å². The third kappa shape index (κ3) is 1.45. The van der Waals surface area contributed by atoms with Crippen LogP contribution in [0.5, 0.6) is 0 Å². The third-order valence-corrected chi connectivity index (χ3v) is 2.15. The average molecular weight is 298 g/mol. The largest absolute Gasteiger partial charge is 4.00 e. The Hall–Kier alpha value is 0.220. The normalized spacial score (nSPS) is 15.6. The SMILES string of the molecule is [Hf+4].c1cc2c([cH-]1)CCCC2. The van der Waals surface area contributed by atoms with Crippen LogP contribution in [0.1, 0.15) is 24.0 Å². The minimum absolute atomic E-state index is 0. The number of hydrogen-bond acceptors (Lipinski definition) is 0. The molecule has 0 N–H and O–H groups in total. The van der Waals surface area contributed by atoms with Gasteiger partial charge in [-0.2, -0.15) is 23.3 Å². The van der Waals surface area contributed by atoms with Crippen molar-refractivity contribution in [3.8, 4) is 0 Å². The quantitative estimate of drug-likeness (QED) is 0.509. The molecule has 0 radical (unpaired) electrons. The van der Waals surface area contributed by atoms with E-state index in [-0.39, 0.29) is 25.8 Å². The molecule has 1 heteroatoms. The van der Waals surface area contributed by atoms with E-state index >= 15 is 0 Å². The molecule has 0 saturated heterocycles. The number of fused-ring (bicyclic) bond motifs is 1. The maximum atomic E-state index is 2.26. The minimum atomic E-state index is 0. The molecule has 0 amide bonds. The summed E-state index contributed by atoms with van der Waals surface area (Å²) in [6, 6.07) is 6.69. The van der Waals surface area contributed by atoms with Gasteiger partial charge in [-0.15, -0.1) is 0 Å².